The van der Waals surface area contributed by atoms with E-state index in [4.69, 9.17) is 4.74 Å². The van der Waals surface area contributed by atoms with Crippen LogP contribution in [0.15, 0.2) is 72.8 Å². The number of carbonyl (C=O) groups is 1. The highest BCUT2D eigenvalue weighted by Crippen LogP contribution is 2.44. The number of ether oxygens (including phenoxy) is 1. The third kappa shape index (κ3) is 2.60. The molecule has 1 aliphatic heterocycles. The molecule has 5 rings (SSSR count). The van der Waals surface area contributed by atoms with Gasteiger partial charge in [-0.25, -0.2) is 4.79 Å². The Morgan fingerprint density at radius 1 is 0.929 bits per heavy atom. The van der Waals surface area contributed by atoms with E-state index in [1.807, 2.05) is 48.5 Å². The second-order valence-electron chi connectivity index (χ2n) is 7.34. The third-order valence-corrected chi connectivity index (χ3v) is 5.82. The van der Waals surface area contributed by atoms with Gasteiger partial charge >= 0.3 is 6.09 Å². The smallest absolute Gasteiger partial charge is 0.414 e. The van der Waals surface area contributed by atoms with Crippen molar-refractivity contribution in [1.29, 1.82) is 0 Å². The fraction of sp³-hybridized carbons (Fsp3) is 0.208. The Balaban J connectivity index is 1.40. The summed E-state index contributed by atoms with van der Waals surface area (Å²) in [6, 6.07) is 24.1. The van der Waals surface area contributed by atoms with Crippen molar-refractivity contribution in [2.45, 2.75) is 18.4 Å². The first kappa shape index (κ1) is 17.0. The predicted octanol–water partition coefficient (Wildman–Crippen LogP) is 4.36. The summed E-state index contributed by atoms with van der Waals surface area (Å²) in [6.07, 6.45) is 0.252. The second kappa shape index (κ2) is 6.80. The first-order chi connectivity index (χ1) is 13.8. The minimum Gasteiger partial charge on any atom is -0.448 e. The highest BCUT2D eigenvalue weighted by molar-refractivity contribution is 5.91. The van der Waals surface area contributed by atoms with Gasteiger partial charge in [0.25, 0.3) is 0 Å². The summed E-state index contributed by atoms with van der Waals surface area (Å²) in [4.78, 5) is 14.5. The summed E-state index contributed by atoms with van der Waals surface area (Å²) >= 11 is 0. The Labute approximate surface area is 164 Å². The van der Waals surface area contributed by atoms with E-state index >= 15 is 0 Å². The molecule has 3 aromatic carbocycles. The maximum Gasteiger partial charge on any atom is 0.414 e. The van der Waals surface area contributed by atoms with E-state index in [1.165, 1.54) is 22.3 Å². The van der Waals surface area contributed by atoms with Crippen LogP contribution in [0.25, 0.3) is 11.1 Å². The number of aliphatic hydroxyl groups is 1. The fourth-order valence-corrected chi connectivity index (χ4v) is 4.52. The molecule has 4 nitrogen and oxygen atoms in total. The number of para-hydroxylation sites is 1. The number of amides is 1. The number of rotatable bonds is 3. The normalized spacial score (nSPS) is 17.2. The number of hydrogen-bond donors (Lipinski definition) is 1. The molecule has 0 saturated carbocycles. The third-order valence-electron chi connectivity index (χ3n) is 5.82. The molecule has 1 N–H and O–H groups in total. The Morgan fingerprint density at radius 3 is 2.21 bits per heavy atom. The molecule has 3 aromatic rings. The lowest BCUT2D eigenvalue weighted by molar-refractivity contribution is 0.144. The molecule has 1 aliphatic carbocycles. The number of hydrogen-bond acceptors (Lipinski definition) is 3. The maximum atomic E-state index is 13.0. The topological polar surface area (TPSA) is 49.8 Å². The first-order valence-electron chi connectivity index (χ1n) is 9.61. The standard InChI is InChI=1S/C24H21NO3/c26-14-17-13-16-7-1-6-12-23(16)25(17)24(27)28-15-22-20-10-4-2-8-18(20)19-9-3-5-11-21(19)22/h1-12,17,22,26H,13-15H2/t17-/m1/s1. The summed E-state index contributed by atoms with van der Waals surface area (Å²) in [7, 11) is 0. The van der Waals surface area contributed by atoms with Gasteiger partial charge in [0, 0.05) is 5.92 Å². The summed E-state index contributed by atoms with van der Waals surface area (Å²) < 4.78 is 5.79. The molecule has 140 valence electrons. The lowest BCUT2D eigenvalue weighted by atomic mass is 9.98. The molecule has 0 radical (unpaired) electrons. The minimum absolute atomic E-state index is 0.0294. The molecule has 0 spiro atoms. The monoisotopic (exact) mass is 371 g/mol. The van der Waals surface area contributed by atoms with Crippen LogP contribution in [0.3, 0.4) is 0 Å². The van der Waals surface area contributed by atoms with Crippen LogP contribution in [-0.4, -0.2) is 30.5 Å². The van der Waals surface area contributed by atoms with Crippen molar-refractivity contribution in [2.75, 3.05) is 18.1 Å². The number of anilines is 1. The van der Waals surface area contributed by atoms with Crippen LogP contribution in [0, 0.1) is 0 Å². The summed E-state index contributed by atoms with van der Waals surface area (Å²) in [5.41, 5.74) is 6.70. The number of aliphatic hydroxyl groups excluding tert-OH is 1. The molecule has 0 unspecified atom stereocenters. The van der Waals surface area contributed by atoms with Crippen LogP contribution < -0.4 is 4.90 Å². The molecule has 0 bridgehead atoms. The molecule has 1 atom stereocenters. The Bertz CT molecular complexity index is 1000. The van der Waals surface area contributed by atoms with E-state index < -0.39 is 6.09 Å². The van der Waals surface area contributed by atoms with Crippen LogP contribution in [-0.2, 0) is 11.2 Å². The average molecular weight is 371 g/mol. The molecule has 0 saturated heterocycles. The molecular formula is C24H21NO3. The van der Waals surface area contributed by atoms with E-state index in [9.17, 15) is 9.90 Å². The van der Waals surface area contributed by atoms with E-state index in [1.54, 1.807) is 4.90 Å². The van der Waals surface area contributed by atoms with Gasteiger partial charge in [0.1, 0.15) is 6.61 Å². The van der Waals surface area contributed by atoms with Gasteiger partial charge in [-0.3, -0.25) is 4.90 Å². The Kier molecular flexibility index (Phi) is 4.14. The average Bonchev–Trinajstić information content (AvgIpc) is 3.28. The van der Waals surface area contributed by atoms with Crippen molar-refractivity contribution in [2.24, 2.45) is 0 Å². The van der Waals surface area contributed by atoms with Gasteiger partial charge in [-0.15, -0.1) is 0 Å². The molecule has 1 amide bonds. The van der Waals surface area contributed by atoms with E-state index in [-0.39, 0.29) is 25.2 Å². The molecule has 0 fully saturated rings. The van der Waals surface area contributed by atoms with Crippen LogP contribution in [0.1, 0.15) is 22.6 Å². The van der Waals surface area contributed by atoms with Crippen LogP contribution in [0.2, 0.25) is 0 Å². The maximum absolute atomic E-state index is 13.0. The Morgan fingerprint density at radius 2 is 1.54 bits per heavy atom. The first-order valence-corrected chi connectivity index (χ1v) is 9.61. The Hall–Kier alpha value is -3.11. The molecule has 2 aliphatic rings. The molecule has 0 aromatic heterocycles. The zero-order valence-corrected chi connectivity index (χ0v) is 15.4. The van der Waals surface area contributed by atoms with Gasteiger partial charge in [0.05, 0.1) is 18.3 Å². The SMILES string of the molecule is O=C(OCC1c2ccccc2-c2ccccc21)N1c2ccccc2C[C@@H]1CO. The molecule has 1 heterocycles. The number of nitrogens with zero attached hydrogens (tertiary/aromatic N) is 1. The summed E-state index contributed by atoms with van der Waals surface area (Å²) in [5, 5.41) is 9.75. The van der Waals surface area contributed by atoms with Crippen molar-refractivity contribution >= 4 is 11.8 Å². The number of carbonyl (C=O) groups excluding carboxylic acids is 1. The van der Waals surface area contributed by atoms with E-state index in [0.29, 0.717) is 6.42 Å². The number of benzene rings is 3. The largest absolute Gasteiger partial charge is 0.448 e. The number of fused-ring (bicyclic) bond motifs is 4. The molecular weight excluding hydrogens is 350 g/mol. The lowest BCUT2D eigenvalue weighted by Crippen LogP contribution is -2.40. The van der Waals surface area contributed by atoms with Crippen molar-refractivity contribution in [1.82, 2.24) is 0 Å². The lowest BCUT2D eigenvalue weighted by Gasteiger charge is -2.24. The van der Waals surface area contributed by atoms with Crippen molar-refractivity contribution in [3.05, 3.63) is 89.5 Å². The quantitative estimate of drug-likeness (QED) is 0.744. The summed E-state index contributed by atoms with van der Waals surface area (Å²) in [5.74, 6) is 0.0294. The van der Waals surface area contributed by atoms with Gasteiger partial charge in [-0.05, 0) is 40.3 Å². The van der Waals surface area contributed by atoms with Gasteiger partial charge in [0.2, 0.25) is 0 Å². The van der Waals surface area contributed by atoms with Gasteiger partial charge in [0.15, 0.2) is 0 Å². The predicted molar refractivity (Wildman–Crippen MR) is 109 cm³/mol. The zero-order chi connectivity index (χ0) is 19.1. The highest BCUT2D eigenvalue weighted by atomic mass is 16.6. The van der Waals surface area contributed by atoms with Crippen LogP contribution >= 0.6 is 0 Å². The molecule has 4 heteroatoms. The highest BCUT2D eigenvalue weighted by Gasteiger charge is 2.35. The van der Waals surface area contributed by atoms with E-state index in [2.05, 4.69) is 24.3 Å². The van der Waals surface area contributed by atoms with Crippen molar-refractivity contribution in [3.63, 3.8) is 0 Å². The van der Waals surface area contributed by atoms with Crippen LogP contribution in [0.4, 0.5) is 10.5 Å². The van der Waals surface area contributed by atoms with Gasteiger partial charge in [-0.2, -0.15) is 0 Å². The van der Waals surface area contributed by atoms with Crippen molar-refractivity contribution < 1.29 is 14.6 Å². The zero-order valence-electron chi connectivity index (χ0n) is 15.4. The minimum atomic E-state index is -0.397. The second-order valence-corrected chi connectivity index (χ2v) is 7.34. The van der Waals surface area contributed by atoms with Gasteiger partial charge in [-0.1, -0.05) is 66.7 Å². The van der Waals surface area contributed by atoms with Crippen LogP contribution in [0.5, 0.6) is 0 Å². The van der Waals surface area contributed by atoms with Gasteiger partial charge < -0.3 is 9.84 Å². The van der Waals surface area contributed by atoms with E-state index in [0.717, 1.165) is 11.3 Å². The summed E-state index contributed by atoms with van der Waals surface area (Å²) in [6.45, 7) is 0.197. The van der Waals surface area contributed by atoms with Crippen molar-refractivity contribution in [3.8, 4) is 11.1 Å². The molecule has 28 heavy (non-hydrogen) atoms. The fourth-order valence-electron chi connectivity index (χ4n) is 4.52.